The Morgan fingerprint density at radius 2 is 1.74 bits per heavy atom. The normalized spacial score (nSPS) is 11.1. The Morgan fingerprint density at radius 1 is 1.03 bits per heavy atom. The maximum atomic E-state index is 13.2. The molecule has 0 bridgehead atoms. The summed E-state index contributed by atoms with van der Waals surface area (Å²) in [5.41, 5.74) is 2.30. The number of nitrogens with one attached hydrogen (secondary N) is 1. The fraction of sp³-hybridized carbons (Fsp3) is 0.462. The molecule has 0 saturated heterocycles. The van der Waals surface area contributed by atoms with Crippen LogP contribution < -0.4 is 10.1 Å². The first-order valence-corrected chi connectivity index (χ1v) is 12.1. The average molecular weight is 540 g/mol. The molecular weight excluding hydrogens is 507 g/mol. The van der Waals surface area contributed by atoms with E-state index in [0.717, 1.165) is 11.3 Å². The van der Waals surface area contributed by atoms with Crippen LogP contribution in [0.25, 0.3) is 0 Å². The van der Waals surface area contributed by atoms with E-state index in [2.05, 4.69) is 20.1 Å². The van der Waals surface area contributed by atoms with Crippen molar-refractivity contribution in [3.63, 3.8) is 0 Å². The van der Waals surface area contributed by atoms with Crippen LogP contribution in [-0.4, -0.2) is 59.6 Å². The molecule has 0 spiro atoms. The van der Waals surface area contributed by atoms with Gasteiger partial charge in [-0.1, -0.05) is 6.42 Å². The molecule has 1 heterocycles. The molecule has 2 aromatic rings. The SMILES string of the molecule is Cc1cc(OCCNc2ccncc2)cc(C(=O)N(CCCCCC(=O)OOC(=O)C(F)(F)F)C(C)C)c1. The summed E-state index contributed by atoms with van der Waals surface area (Å²) in [6.07, 6.45) is -0.738. The first kappa shape index (κ1) is 30.4. The number of pyridine rings is 1. The van der Waals surface area contributed by atoms with Gasteiger partial charge in [0.2, 0.25) is 0 Å². The van der Waals surface area contributed by atoms with Gasteiger partial charge in [0, 0.05) is 42.8 Å². The number of hydrogen-bond donors (Lipinski definition) is 1. The topological polar surface area (TPSA) is 107 Å². The number of rotatable bonds is 13. The molecule has 2 rings (SSSR count). The molecule has 1 amide bonds. The summed E-state index contributed by atoms with van der Waals surface area (Å²) >= 11 is 0. The molecule has 1 aromatic carbocycles. The molecule has 0 saturated carbocycles. The molecule has 0 fully saturated rings. The van der Waals surface area contributed by atoms with Crippen molar-refractivity contribution < 1.29 is 42.1 Å². The zero-order valence-corrected chi connectivity index (χ0v) is 21.5. The van der Waals surface area contributed by atoms with Gasteiger partial charge in [0.1, 0.15) is 12.4 Å². The number of benzene rings is 1. The standard InChI is InChI=1S/C26H32F3N3O6/c1-18(2)32(13-6-4-5-7-23(33)37-38-25(35)26(27,28)29)24(34)20-15-19(3)16-22(17-20)36-14-12-31-21-8-10-30-11-9-21/h8-11,15-18H,4-7,12-14H2,1-3H3,(H,30,31). The lowest BCUT2D eigenvalue weighted by Crippen LogP contribution is -2.37. The monoisotopic (exact) mass is 539 g/mol. The van der Waals surface area contributed by atoms with Crippen LogP contribution >= 0.6 is 0 Å². The van der Waals surface area contributed by atoms with Crippen molar-refractivity contribution in [3.05, 3.63) is 53.9 Å². The smallest absolute Gasteiger partial charge is 0.492 e. The summed E-state index contributed by atoms with van der Waals surface area (Å²) < 4.78 is 42.0. The molecule has 0 aliphatic rings. The molecule has 12 heteroatoms. The van der Waals surface area contributed by atoms with E-state index in [1.54, 1.807) is 29.4 Å². The van der Waals surface area contributed by atoms with Crippen molar-refractivity contribution >= 4 is 23.5 Å². The molecule has 1 aromatic heterocycles. The summed E-state index contributed by atoms with van der Waals surface area (Å²) in [7, 11) is 0. The Hall–Kier alpha value is -3.83. The van der Waals surface area contributed by atoms with Crippen molar-refractivity contribution in [1.29, 1.82) is 0 Å². The highest BCUT2D eigenvalue weighted by Gasteiger charge is 2.43. The lowest BCUT2D eigenvalue weighted by Gasteiger charge is -2.27. The van der Waals surface area contributed by atoms with Gasteiger partial charge in [-0.25, -0.2) is 19.4 Å². The molecule has 208 valence electrons. The first-order chi connectivity index (χ1) is 18.0. The van der Waals surface area contributed by atoms with Gasteiger partial charge >= 0.3 is 18.1 Å². The molecule has 0 aliphatic heterocycles. The van der Waals surface area contributed by atoms with Gasteiger partial charge in [-0.3, -0.25) is 9.78 Å². The highest BCUT2D eigenvalue weighted by atomic mass is 19.4. The molecule has 0 radical (unpaired) electrons. The summed E-state index contributed by atoms with van der Waals surface area (Å²) in [6.45, 7) is 7.03. The molecular formula is C26H32F3N3O6. The second-order valence-electron chi connectivity index (χ2n) is 8.77. The van der Waals surface area contributed by atoms with Gasteiger partial charge in [-0.2, -0.15) is 13.2 Å². The fourth-order valence-electron chi connectivity index (χ4n) is 3.45. The number of anilines is 1. The van der Waals surface area contributed by atoms with Gasteiger partial charge < -0.3 is 15.0 Å². The van der Waals surface area contributed by atoms with Crippen molar-refractivity contribution in [3.8, 4) is 5.75 Å². The van der Waals surface area contributed by atoms with E-state index in [0.29, 0.717) is 50.3 Å². The zero-order chi connectivity index (χ0) is 28.1. The van der Waals surface area contributed by atoms with Crippen LogP contribution in [0.4, 0.5) is 18.9 Å². The third kappa shape index (κ3) is 10.7. The number of halogens is 3. The second kappa shape index (κ2) is 14.8. The van der Waals surface area contributed by atoms with Crippen molar-refractivity contribution in [2.24, 2.45) is 0 Å². The zero-order valence-electron chi connectivity index (χ0n) is 21.5. The molecule has 0 atom stereocenters. The Bertz CT molecular complexity index is 1060. The summed E-state index contributed by atoms with van der Waals surface area (Å²) in [6, 6.07) is 8.96. The quantitative estimate of drug-likeness (QED) is 0.219. The van der Waals surface area contributed by atoms with E-state index in [9.17, 15) is 27.6 Å². The number of aryl methyl sites for hydroxylation is 1. The van der Waals surface area contributed by atoms with E-state index in [1.807, 2.05) is 39.0 Å². The Labute approximate surface area is 219 Å². The van der Waals surface area contributed by atoms with Crippen molar-refractivity contribution in [2.45, 2.75) is 58.7 Å². The van der Waals surface area contributed by atoms with Gasteiger partial charge in [0.25, 0.3) is 5.91 Å². The maximum absolute atomic E-state index is 13.2. The third-order valence-electron chi connectivity index (χ3n) is 5.28. The lowest BCUT2D eigenvalue weighted by atomic mass is 10.1. The number of amides is 1. The molecule has 9 nitrogen and oxygen atoms in total. The Morgan fingerprint density at radius 3 is 2.39 bits per heavy atom. The highest BCUT2D eigenvalue weighted by molar-refractivity contribution is 5.95. The minimum absolute atomic E-state index is 0.0938. The minimum atomic E-state index is -5.24. The van der Waals surface area contributed by atoms with Crippen molar-refractivity contribution in [2.75, 3.05) is 25.0 Å². The number of carbonyl (C=O) groups excluding carboxylic acids is 3. The lowest BCUT2D eigenvalue weighted by molar-refractivity contribution is -0.285. The second-order valence-corrected chi connectivity index (χ2v) is 8.77. The van der Waals surface area contributed by atoms with Gasteiger partial charge in [0.15, 0.2) is 0 Å². The molecule has 0 aliphatic carbocycles. The van der Waals surface area contributed by atoms with E-state index in [1.165, 1.54) is 0 Å². The third-order valence-corrected chi connectivity index (χ3v) is 5.28. The van der Waals surface area contributed by atoms with Gasteiger partial charge in [-0.15, -0.1) is 0 Å². The largest absolute Gasteiger partial charge is 0.495 e. The average Bonchev–Trinajstić information content (AvgIpc) is 2.86. The van der Waals surface area contributed by atoms with Crippen LogP contribution in [0.2, 0.25) is 0 Å². The van der Waals surface area contributed by atoms with Crippen LogP contribution in [0.3, 0.4) is 0 Å². The van der Waals surface area contributed by atoms with Crippen LogP contribution in [0.1, 0.15) is 55.5 Å². The van der Waals surface area contributed by atoms with Crippen LogP contribution in [0.15, 0.2) is 42.7 Å². The summed E-state index contributed by atoms with van der Waals surface area (Å²) in [5, 5.41) is 3.22. The Kier molecular flexibility index (Phi) is 11.8. The number of unbranched alkanes of at least 4 members (excludes halogenated alkanes) is 2. The minimum Gasteiger partial charge on any atom is -0.492 e. The first-order valence-electron chi connectivity index (χ1n) is 12.1. The molecule has 0 unspecified atom stereocenters. The fourth-order valence-corrected chi connectivity index (χ4v) is 3.45. The van der Waals surface area contributed by atoms with Crippen LogP contribution in [0.5, 0.6) is 5.75 Å². The molecule has 1 N–H and O–H groups in total. The maximum Gasteiger partial charge on any atom is 0.495 e. The number of aromatic nitrogens is 1. The predicted molar refractivity (Wildman–Crippen MR) is 132 cm³/mol. The Balaban J connectivity index is 1.81. The molecule has 38 heavy (non-hydrogen) atoms. The number of nitrogens with zero attached hydrogens (tertiary/aromatic N) is 2. The van der Waals surface area contributed by atoms with E-state index in [4.69, 9.17) is 4.74 Å². The number of alkyl halides is 3. The predicted octanol–water partition coefficient (Wildman–Crippen LogP) is 4.86. The van der Waals surface area contributed by atoms with Gasteiger partial charge in [-0.05, 0) is 69.5 Å². The van der Waals surface area contributed by atoms with E-state index >= 15 is 0 Å². The van der Waals surface area contributed by atoms with Crippen LogP contribution in [-0.2, 0) is 19.4 Å². The van der Waals surface area contributed by atoms with Crippen molar-refractivity contribution in [1.82, 2.24) is 9.88 Å². The number of hydrogen-bond acceptors (Lipinski definition) is 8. The number of carbonyl (C=O) groups is 3. The number of ether oxygens (including phenoxy) is 1. The van der Waals surface area contributed by atoms with Crippen LogP contribution in [0, 0.1) is 6.92 Å². The van der Waals surface area contributed by atoms with E-state index < -0.39 is 18.1 Å². The van der Waals surface area contributed by atoms with Gasteiger partial charge in [0.05, 0.1) is 6.42 Å². The highest BCUT2D eigenvalue weighted by Crippen LogP contribution is 2.20. The van der Waals surface area contributed by atoms with E-state index in [-0.39, 0.29) is 18.4 Å². The summed E-state index contributed by atoms with van der Waals surface area (Å²) in [5.74, 6) is -3.26. The summed E-state index contributed by atoms with van der Waals surface area (Å²) in [4.78, 5) is 48.3.